The Morgan fingerprint density at radius 3 is 2.67 bits per heavy atom. The van der Waals surface area contributed by atoms with Gasteiger partial charge >= 0.3 is 0 Å². The van der Waals surface area contributed by atoms with Crippen molar-refractivity contribution < 1.29 is 14.2 Å². The minimum atomic E-state index is -0.192. The lowest BCUT2D eigenvalue weighted by atomic mass is 10.1. The van der Waals surface area contributed by atoms with Gasteiger partial charge in [0.15, 0.2) is 0 Å². The third kappa shape index (κ3) is 3.95. The largest absolute Gasteiger partial charge is 0.494 e. The number of rotatable bonds is 6. The van der Waals surface area contributed by atoms with Gasteiger partial charge in [0.05, 0.1) is 13.2 Å². The molecule has 2 aromatic rings. The molecule has 21 heavy (non-hydrogen) atoms. The highest BCUT2D eigenvalue weighted by Crippen LogP contribution is 2.23. The predicted molar refractivity (Wildman–Crippen MR) is 82.0 cm³/mol. The van der Waals surface area contributed by atoms with Crippen LogP contribution in [0.25, 0.3) is 0 Å². The standard InChI is InChI=1S/C17H20FNO2/c1-3-21-17-7-5-15(9-14(17)11-20)19-10-13-4-6-16(18)12(2)8-13/h4-9,19-20H,3,10-11H2,1-2H3. The molecule has 0 aliphatic rings. The summed E-state index contributed by atoms with van der Waals surface area (Å²) in [6, 6.07) is 10.7. The van der Waals surface area contributed by atoms with Crippen LogP contribution in [0.15, 0.2) is 36.4 Å². The van der Waals surface area contributed by atoms with Crippen molar-refractivity contribution in [2.45, 2.75) is 27.0 Å². The first-order valence-corrected chi connectivity index (χ1v) is 6.99. The summed E-state index contributed by atoms with van der Waals surface area (Å²) in [5, 5.41) is 12.6. The van der Waals surface area contributed by atoms with E-state index < -0.39 is 0 Å². The summed E-state index contributed by atoms with van der Waals surface area (Å²) >= 11 is 0. The molecule has 0 atom stereocenters. The van der Waals surface area contributed by atoms with Gasteiger partial charge in [0.1, 0.15) is 11.6 Å². The van der Waals surface area contributed by atoms with Crippen molar-refractivity contribution in [3.63, 3.8) is 0 Å². The van der Waals surface area contributed by atoms with Crippen LogP contribution < -0.4 is 10.1 Å². The molecule has 2 N–H and O–H groups in total. The summed E-state index contributed by atoms with van der Waals surface area (Å²) < 4.78 is 18.7. The van der Waals surface area contributed by atoms with Crippen LogP contribution >= 0.6 is 0 Å². The lowest BCUT2D eigenvalue weighted by molar-refractivity contribution is 0.267. The van der Waals surface area contributed by atoms with Crippen molar-refractivity contribution >= 4 is 5.69 Å². The molecule has 2 rings (SSSR count). The topological polar surface area (TPSA) is 41.5 Å². The fourth-order valence-electron chi connectivity index (χ4n) is 2.13. The van der Waals surface area contributed by atoms with Crippen LogP contribution in [0.4, 0.5) is 10.1 Å². The van der Waals surface area contributed by atoms with E-state index in [0.717, 1.165) is 16.8 Å². The average molecular weight is 289 g/mol. The van der Waals surface area contributed by atoms with Crippen molar-refractivity contribution in [3.05, 3.63) is 58.9 Å². The summed E-state index contributed by atoms with van der Waals surface area (Å²) in [5.41, 5.74) is 3.28. The Morgan fingerprint density at radius 2 is 2.00 bits per heavy atom. The number of hydrogen-bond donors (Lipinski definition) is 2. The zero-order valence-corrected chi connectivity index (χ0v) is 12.3. The Kier molecular flexibility index (Phi) is 5.17. The molecule has 0 amide bonds. The van der Waals surface area contributed by atoms with Crippen LogP contribution in [-0.2, 0) is 13.2 Å². The van der Waals surface area contributed by atoms with E-state index in [0.29, 0.717) is 24.5 Å². The van der Waals surface area contributed by atoms with Crippen LogP contribution in [0.3, 0.4) is 0 Å². The summed E-state index contributed by atoms with van der Waals surface area (Å²) in [4.78, 5) is 0. The number of anilines is 1. The molecule has 0 aliphatic heterocycles. The Labute approximate surface area is 124 Å². The fraction of sp³-hybridized carbons (Fsp3) is 0.294. The number of hydrogen-bond acceptors (Lipinski definition) is 3. The number of ether oxygens (including phenoxy) is 1. The van der Waals surface area contributed by atoms with Crippen LogP contribution in [0, 0.1) is 12.7 Å². The van der Waals surface area contributed by atoms with Gasteiger partial charge in [-0.15, -0.1) is 0 Å². The molecule has 0 fully saturated rings. The summed E-state index contributed by atoms with van der Waals surface area (Å²) in [6.45, 7) is 4.75. The lowest BCUT2D eigenvalue weighted by Gasteiger charge is -2.12. The molecule has 4 heteroatoms. The van der Waals surface area contributed by atoms with Gasteiger partial charge in [0.25, 0.3) is 0 Å². The molecule has 3 nitrogen and oxygen atoms in total. The summed E-state index contributed by atoms with van der Waals surface area (Å²) in [7, 11) is 0. The van der Waals surface area contributed by atoms with E-state index in [1.807, 2.05) is 31.2 Å². The Hall–Kier alpha value is -2.07. The van der Waals surface area contributed by atoms with E-state index in [1.54, 1.807) is 13.0 Å². The van der Waals surface area contributed by atoms with E-state index in [2.05, 4.69) is 5.32 Å². The smallest absolute Gasteiger partial charge is 0.126 e. The molecule has 112 valence electrons. The van der Waals surface area contributed by atoms with Crippen molar-refractivity contribution in [1.29, 1.82) is 0 Å². The van der Waals surface area contributed by atoms with Crippen molar-refractivity contribution in [3.8, 4) is 5.75 Å². The fourth-order valence-corrected chi connectivity index (χ4v) is 2.13. The molecule has 0 unspecified atom stereocenters. The van der Waals surface area contributed by atoms with Gasteiger partial charge in [-0.05, 0) is 49.2 Å². The number of nitrogens with one attached hydrogen (secondary N) is 1. The number of aliphatic hydroxyl groups is 1. The van der Waals surface area contributed by atoms with E-state index in [9.17, 15) is 9.50 Å². The van der Waals surface area contributed by atoms with E-state index in [-0.39, 0.29) is 12.4 Å². The summed E-state index contributed by atoms with van der Waals surface area (Å²) in [6.07, 6.45) is 0. The minimum Gasteiger partial charge on any atom is -0.494 e. The van der Waals surface area contributed by atoms with Crippen LogP contribution in [0.1, 0.15) is 23.6 Å². The molecular weight excluding hydrogens is 269 g/mol. The third-order valence-electron chi connectivity index (χ3n) is 3.25. The molecule has 0 bridgehead atoms. The molecular formula is C17H20FNO2. The lowest BCUT2D eigenvalue weighted by Crippen LogP contribution is -2.02. The average Bonchev–Trinajstić information content (AvgIpc) is 2.49. The zero-order valence-electron chi connectivity index (χ0n) is 12.3. The number of halogens is 1. The minimum absolute atomic E-state index is 0.0689. The molecule has 0 spiro atoms. The van der Waals surface area contributed by atoms with Crippen LogP contribution in [-0.4, -0.2) is 11.7 Å². The quantitative estimate of drug-likeness (QED) is 0.853. The Balaban J connectivity index is 2.07. The molecule has 0 heterocycles. The third-order valence-corrected chi connectivity index (χ3v) is 3.25. The first kappa shape index (κ1) is 15.3. The highest BCUT2D eigenvalue weighted by molar-refractivity contribution is 5.51. The predicted octanol–water partition coefficient (Wildman–Crippen LogP) is 3.64. The Morgan fingerprint density at radius 1 is 1.19 bits per heavy atom. The van der Waals surface area contributed by atoms with Crippen molar-refractivity contribution in [2.24, 2.45) is 0 Å². The molecule has 0 aliphatic carbocycles. The monoisotopic (exact) mass is 289 g/mol. The summed E-state index contributed by atoms with van der Waals surface area (Å²) in [5.74, 6) is 0.505. The number of benzene rings is 2. The van der Waals surface area contributed by atoms with Crippen LogP contribution in [0.5, 0.6) is 5.75 Å². The second-order valence-corrected chi connectivity index (χ2v) is 4.85. The molecule has 0 saturated heterocycles. The van der Waals surface area contributed by atoms with Crippen molar-refractivity contribution in [2.75, 3.05) is 11.9 Å². The van der Waals surface area contributed by atoms with E-state index in [1.165, 1.54) is 6.07 Å². The molecule has 0 aromatic heterocycles. The van der Waals surface area contributed by atoms with Gasteiger partial charge in [-0.2, -0.15) is 0 Å². The van der Waals surface area contributed by atoms with Crippen molar-refractivity contribution in [1.82, 2.24) is 0 Å². The highest BCUT2D eigenvalue weighted by Gasteiger charge is 2.04. The molecule has 2 aromatic carbocycles. The highest BCUT2D eigenvalue weighted by atomic mass is 19.1. The maximum atomic E-state index is 13.2. The van der Waals surface area contributed by atoms with Gasteiger partial charge < -0.3 is 15.2 Å². The van der Waals surface area contributed by atoms with Gasteiger partial charge in [0, 0.05) is 17.8 Å². The number of aliphatic hydroxyl groups excluding tert-OH is 1. The molecule has 0 saturated carbocycles. The Bertz CT molecular complexity index is 614. The SMILES string of the molecule is CCOc1ccc(NCc2ccc(F)c(C)c2)cc1CO. The zero-order chi connectivity index (χ0) is 15.2. The first-order valence-electron chi connectivity index (χ1n) is 6.99. The van der Waals surface area contributed by atoms with Gasteiger partial charge in [0.2, 0.25) is 0 Å². The first-order chi connectivity index (χ1) is 10.1. The van der Waals surface area contributed by atoms with Gasteiger partial charge in [-0.1, -0.05) is 12.1 Å². The normalized spacial score (nSPS) is 10.5. The molecule has 0 radical (unpaired) electrons. The second kappa shape index (κ2) is 7.09. The second-order valence-electron chi connectivity index (χ2n) is 4.85. The maximum absolute atomic E-state index is 13.2. The maximum Gasteiger partial charge on any atom is 0.126 e. The van der Waals surface area contributed by atoms with Gasteiger partial charge in [-0.25, -0.2) is 4.39 Å². The van der Waals surface area contributed by atoms with Gasteiger partial charge in [-0.3, -0.25) is 0 Å². The van der Waals surface area contributed by atoms with Crippen LogP contribution in [0.2, 0.25) is 0 Å². The van der Waals surface area contributed by atoms with E-state index in [4.69, 9.17) is 4.74 Å². The number of aryl methyl sites for hydroxylation is 1. The van der Waals surface area contributed by atoms with E-state index >= 15 is 0 Å².